The average Bonchev–Trinajstić information content (AvgIpc) is 3.74. The number of ether oxygens (including phenoxy) is 1. The molecule has 0 saturated carbocycles. The van der Waals surface area contributed by atoms with Crippen molar-refractivity contribution in [1.29, 1.82) is 0 Å². The largest absolute Gasteiger partial charge is 0.453 e. The molecule has 0 radical (unpaired) electrons. The van der Waals surface area contributed by atoms with Crippen LogP contribution in [0.25, 0.3) is 23.0 Å². The number of rotatable bonds is 11. The van der Waals surface area contributed by atoms with Gasteiger partial charge in [-0.2, -0.15) is 4.68 Å². The van der Waals surface area contributed by atoms with Crippen molar-refractivity contribution in [3.05, 3.63) is 107 Å². The summed E-state index contributed by atoms with van der Waals surface area (Å²) in [6.07, 6.45) is 5.14. The van der Waals surface area contributed by atoms with Crippen LogP contribution in [-0.4, -0.2) is 60.2 Å². The third kappa shape index (κ3) is 8.31. The van der Waals surface area contributed by atoms with Crippen LogP contribution in [0.2, 0.25) is 10.2 Å². The normalized spacial score (nSPS) is 11.6. The molecule has 0 unspecified atom stereocenters. The van der Waals surface area contributed by atoms with Gasteiger partial charge in [0.2, 0.25) is 11.8 Å². The molecule has 14 nitrogen and oxygen atoms in total. The fraction of sp³-hybridized carbons (Fsp3) is 0.133. The number of benzene rings is 2. The molecule has 1 atom stereocenters. The maximum absolute atomic E-state index is 13.2. The number of nitrogens with zero attached hydrogens (tertiary/aromatic N) is 6. The highest BCUT2D eigenvalue weighted by Crippen LogP contribution is 2.29. The van der Waals surface area contributed by atoms with Gasteiger partial charge in [0.15, 0.2) is 0 Å². The molecule has 0 aliphatic carbocycles. The lowest BCUT2D eigenvalue weighted by Crippen LogP contribution is -2.33. The van der Waals surface area contributed by atoms with E-state index in [1.807, 2.05) is 6.07 Å². The van der Waals surface area contributed by atoms with Crippen molar-refractivity contribution in [2.24, 2.45) is 0 Å². The van der Waals surface area contributed by atoms with E-state index in [0.717, 1.165) is 0 Å². The van der Waals surface area contributed by atoms with Crippen LogP contribution in [0.1, 0.15) is 29.5 Å². The van der Waals surface area contributed by atoms with Gasteiger partial charge in [-0.05, 0) is 59.0 Å². The van der Waals surface area contributed by atoms with E-state index < -0.39 is 18.0 Å². The van der Waals surface area contributed by atoms with Crippen LogP contribution in [-0.2, 0) is 20.9 Å². The Bertz CT molecular complexity index is 1850. The molecule has 0 aliphatic heterocycles. The van der Waals surface area contributed by atoms with E-state index in [2.05, 4.69) is 51.2 Å². The summed E-state index contributed by atoms with van der Waals surface area (Å²) in [7, 11) is 1.27. The third-order valence-electron chi connectivity index (χ3n) is 6.50. The maximum atomic E-state index is 13.2. The number of amides is 3. The minimum Gasteiger partial charge on any atom is -0.453 e. The van der Waals surface area contributed by atoms with Crippen LogP contribution in [0.3, 0.4) is 0 Å². The summed E-state index contributed by atoms with van der Waals surface area (Å²) < 4.78 is 6.05. The number of pyridine rings is 1. The monoisotopic (exact) mass is 660 g/mol. The second kappa shape index (κ2) is 14.9. The highest BCUT2D eigenvalue weighted by atomic mass is 35.5. The van der Waals surface area contributed by atoms with Crippen LogP contribution in [0.5, 0.6) is 0 Å². The second-order valence-corrected chi connectivity index (χ2v) is 10.4. The summed E-state index contributed by atoms with van der Waals surface area (Å²) >= 11 is 12.7. The molecule has 16 heteroatoms. The van der Waals surface area contributed by atoms with Crippen molar-refractivity contribution < 1.29 is 19.1 Å². The first-order valence-electron chi connectivity index (χ1n) is 13.7. The van der Waals surface area contributed by atoms with Gasteiger partial charge < -0.3 is 20.4 Å². The van der Waals surface area contributed by atoms with Gasteiger partial charge in [0.1, 0.15) is 23.0 Å². The standard InChI is InChI=1S/C30H26Cl2N10O4/c1-46-30(45)36-21-9-5-18(6-10-21)27-28(32)39-29(38-27)23(15-26(44)34-16-22-4-2-3-13-33-22)37-25(43)12-7-19-14-20(31)8-11-24(19)42-17-35-40-41-42/h2-14,17,23H,15-16H2,1H3,(H,34,44)(H,36,45)(H,37,43)(H,38,39)/t23-/m0/s1. The zero-order valence-corrected chi connectivity index (χ0v) is 25.7. The Kier molecular flexibility index (Phi) is 10.3. The summed E-state index contributed by atoms with van der Waals surface area (Å²) in [5.41, 5.74) is 3.37. The number of carbonyl (C=O) groups excluding carboxylic acids is 3. The number of aromatic nitrogens is 7. The maximum Gasteiger partial charge on any atom is 0.411 e. The smallest absolute Gasteiger partial charge is 0.411 e. The number of tetrazole rings is 1. The third-order valence-corrected chi connectivity index (χ3v) is 7.01. The van der Waals surface area contributed by atoms with Gasteiger partial charge in [-0.1, -0.05) is 41.4 Å². The van der Waals surface area contributed by atoms with Gasteiger partial charge >= 0.3 is 6.09 Å². The molecule has 5 aromatic rings. The lowest BCUT2D eigenvalue weighted by Gasteiger charge is -2.16. The molecule has 4 N–H and O–H groups in total. The highest BCUT2D eigenvalue weighted by Gasteiger charge is 2.23. The molecule has 234 valence electrons. The van der Waals surface area contributed by atoms with Gasteiger partial charge in [-0.25, -0.2) is 9.78 Å². The molecule has 2 aromatic carbocycles. The van der Waals surface area contributed by atoms with Crippen molar-refractivity contribution in [2.75, 3.05) is 12.4 Å². The predicted molar refractivity (Wildman–Crippen MR) is 170 cm³/mol. The number of imidazole rings is 1. The van der Waals surface area contributed by atoms with Crippen LogP contribution < -0.4 is 16.0 Å². The Morgan fingerprint density at radius 2 is 1.91 bits per heavy atom. The first kappa shape index (κ1) is 31.8. The SMILES string of the molecule is COC(=O)Nc1ccc(-c2nc([C@H](CC(=O)NCc3ccccn3)NC(=O)C=Cc3cc(Cl)ccc3-n3cnnn3)[nH]c2Cl)cc1. The van der Waals surface area contributed by atoms with E-state index in [9.17, 15) is 14.4 Å². The van der Waals surface area contributed by atoms with E-state index >= 15 is 0 Å². The molecule has 0 spiro atoms. The first-order valence-corrected chi connectivity index (χ1v) is 14.4. The molecule has 3 heterocycles. The molecule has 0 aliphatic rings. The highest BCUT2D eigenvalue weighted by molar-refractivity contribution is 6.32. The Labute approximate surface area is 272 Å². The Balaban J connectivity index is 1.37. The van der Waals surface area contributed by atoms with Gasteiger partial charge in [0.25, 0.3) is 0 Å². The van der Waals surface area contributed by atoms with Gasteiger partial charge in [-0.3, -0.25) is 19.9 Å². The van der Waals surface area contributed by atoms with Crippen molar-refractivity contribution in [3.8, 4) is 16.9 Å². The molecular formula is C30H26Cl2N10O4. The number of H-pyrrole nitrogens is 1. The summed E-state index contributed by atoms with van der Waals surface area (Å²) in [4.78, 5) is 49.6. The quantitative estimate of drug-likeness (QED) is 0.148. The van der Waals surface area contributed by atoms with Crippen molar-refractivity contribution in [3.63, 3.8) is 0 Å². The zero-order valence-electron chi connectivity index (χ0n) is 24.1. The Hall–Kier alpha value is -5.60. The Morgan fingerprint density at radius 1 is 1.09 bits per heavy atom. The minimum absolute atomic E-state index is 0.162. The fourth-order valence-corrected chi connectivity index (χ4v) is 4.72. The summed E-state index contributed by atoms with van der Waals surface area (Å²) in [5.74, 6) is -0.621. The second-order valence-electron chi connectivity index (χ2n) is 9.63. The average molecular weight is 662 g/mol. The number of hydrogen-bond acceptors (Lipinski definition) is 9. The number of carbonyl (C=O) groups is 3. The lowest BCUT2D eigenvalue weighted by atomic mass is 10.1. The van der Waals surface area contributed by atoms with Crippen LogP contribution in [0, 0.1) is 0 Å². The topological polar surface area (TPSA) is 182 Å². The van der Waals surface area contributed by atoms with Crippen molar-refractivity contribution >= 4 is 52.9 Å². The summed E-state index contributed by atoms with van der Waals surface area (Å²) in [5, 5.41) is 20.1. The van der Waals surface area contributed by atoms with E-state index in [-0.39, 0.29) is 29.9 Å². The lowest BCUT2D eigenvalue weighted by molar-refractivity contribution is -0.122. The fourth-order valence-electron chi connectivity index (χ4n) is 4.30. The first-order chi connectivity index (χ1) is 22.3. The van der Waals surface area contributed by atoms with Crippen molar-refractivity contribution in [1.82, 2.24) is 45.8 Å². The van der Waals surface area contributed by atoms with Gasteiger partial charge in [0, 0.05) is 34.1 Å². The van der Waals surface area contributed by atoms with E-state index in [4.69, 9.17) is 23.2 Å². The zero-order chi connectivity index (χ0) is 32.5. The van der Waals surface area contributed by atoms with Crippen LogP contribution in [0.15, 0.2) is 79.3 Å². The molecule has 5 rings (SSSR count). The molecule has 0 fully saturated rings. The number of halogens is 2. The molecule has 46 heavy (non-hydrogen) atoms. The van der Waals surface area contributed by atoms with E-state index in [0.29, 0.717) is 38.9 Å². The molecule has 3 amide bonds. The predicted octanol–water partition coefficient (Wildman–Crippen LogP) is 4.51. The van der Waals surface area contributed by atoms with E-state index in [1.165, 1.54) is 24.2 Å². The Morgan fingerprint density at radius 3 is 2.63 bits per heavy atom. The molecule has 0 saturated heterocycles. The number of methoxy groups -OCH3 is 1. The number of anilines is 1. The molecule has 3 aromatic heterocycles. The molecular weight excluding hydrogens is 635 g/mol. The van der Waals surface area contributed by atoms with E-state index in [1.54, 1.807) is 66.9 Å². The number of hydrogen-bond donors (Lipinski definition) is 4. The number of aromatic amines is 1. The van der Waals surface area contributed by atoms with Crippen molar-refractivity contribution in [2.45, 2.75) is 19.0 Å². The molecule has 0 bridgehead atoms. The summed E-state index contributed by atoms with van der Waals surface area (Å²) in [6, 6.07) is 16.3. The van der Waals surface area contributed by atoms with Gasteiger partial charge in [0.05, 0.1) is 37.5 Å². The van der Waals surface area contributed by atoms with Crippen LogP contribution >= 0.6 is 23.2 Å². The van der Waals surface area contributed by atoms with Crippen LogP contribution in [0.4, 0.5) is 10.5 Å². The minimum atomic E-state index is -0.897. The number of nitrogens with one attached hydrogen (secondary N) is 4. The summed E-state index contributed by atoms with van der Waals surface area (Å²) in [6.45, 7) is 0.199. The van der Waals surface area contributed by atoms with Gasteiger partial charge in [-0.15, -0.1) is 5.10 Å².